The summed E-state index contributed by atoms with van der Waals surface area (Å²) in [6.07, 6.45) is 0. The number of carbonyl (C=O) groups is 1. The number of aromatic amines is 1. The number of nitrogens with zero attached hydrogens (tertiary/aromatic N) is 1. The minimum Gasteiger partial charge on any atom is -0.352 e. The number of hydrogen-bond donors (Lipinski definition) is 2. The summed E-state index contributed by atoms with van der Waals surface area (Å²) in [5.74, 6) is -0.136. The van der Waals surface area contributed by atoms with Gasteiger partial charge in [0.2, 0.25) is 5.91 Å². The minimum atomic E-state index is -0.145. The SMILES string of the molecule is CC(=O)NCc1c(C)n(C)[nH]c1=O. The first-order valence-electron chi connectivity index (χ1n) is 4.01. The van der Waals surface area contributed by atoms with Crippen molar-refractivity contribution in [3.05, 3.63) is 21.6 Å². The molecular formula is C8H13N3O2. The Bertz CT molecular complexity index is 375. The fraction of sp³-hybridized carbons (Fsp3) is 0.500. The molecule has 2 N–H and O–H groups in total. The summed E-state index contributed by atoms with van der Waals surface area (Å²) in [5, 5.41) is 5.19. The second-order valence-electron chi connectivity index (χ2n) is 2.97. The predicted molar refractivity (Wildman–Crippen MR) is 48.3 cm³/mol. The van der Waals surface area contributed by atoms with Crippen LogP contribution in [0.5, 0.6) is 0 Å². The first-order chi connectivity index (χ1) is 6.02. The molecule has 1 aromatic heterocycles. The maximum absolute atomic E-state index is 11.2. The molecule has 0 saturated heterocycles. The van der Waals surface area contributed by atoms with Crippen molar-refractivity contribution >= 4 is 5.91 Å². The molecule has 0 radical (unpaired) electrons. The fourth-order valence-corrected chi connectivity index (χ4v) is 1.09. The number of rotatable bonds is 2. The molecule has 0 spiro atoms. The first kappa shape index (κ1) is 9.57. The smallest absolute Gasteiger partial charge is 0.269 e. The van der Waals surface area contributed by atoms with E-state index in [1.54, 1.807) is 11.7 Å². The van der Waals surface area contributed by atoms with Gasteiger partial charge in [0, 0.05) is 19.7 Å². The maximum atomic E-state index is 11.2. The number of H-pyrrole nitrogens is 1. The Morgan fingerprint density at radius 2 is 2.23 bits per heavy atom. The number of hydrogen-bond acceptors (Lipinski definition) is 2. The molecule has 1 rings (SSSR count). The van der Waals surface area contributed by atoms with E-state index in [0.717, 1.165) is 5.69 Å². The van der Waals surface area contributed by atoms with Crippen LogP contribution < -0.4 is 10.9 Å². The van der Waals surface area contributed by atoms with E-state index in [1.165, 1.54) is 6.92 Å². The van der Waals surface area contributed by atoms with Gasteiger partial charge in [-0.15, -0.1) is 0 Å². The summed E-state index contributed by atoms with van der Waals surface area (Å²) in [6.45, 7) is 3.54. The highest BCUT2D eigenvalue weighted by Gasteiger charge is 2.08. The van der Waals surface area contributed by atoms with Crippen molar-refractivity contribution in [2.45, 2.75) is 20.4 Å². The van der Waals surface area contributed by atoms with Gasteiger partial charge in [0.25, 0.3) is 5.56 Å². The standard InChI is InChI=1S/C8H13N3O2/c1-5-7(4-9-6(2)12)8(13)10-11(5)3/h4H2,1-3H3,(H,9,12)(H,10,13). The molecule has 0 fully saturated rings. The van der Waals surface area contributed by atoms with Crippen molar-refractivity contribution in [2.75, 3.05) is 0 Å². The van der Waals surface area contributed by atoms with Crippen molar-refractivity contribution in [2.24, 2.45) is 7.05 Å². The van der Waals surface area contributed by atoms with Gasteiger partial charge in [-0.25, -0.2) is 0 Å². The van der Waals surface area contributed by atoms with Crippen molar-refractivity contribution in [1.29, 1.82) is 0 Å². The lowest BCUT2D eigenvalue weighted by Crippen LogP contribution is -2.22. The zero-order valence-corrected chi connectivity index (χ0v) is 7.97. The van der Waals surface area contributed by atoms with Gasteiger partial charge in [0.1, 0.15) is 0 Å². The molecule has 1 heterocycles. The molecule has 5 heteroatoms. The van der Waals surface area contributed by atoms with Crippen molar-refractivity contribution in [1.82, 2.24) is 15.1 Å². The Balaban J connectivity index is 2.88. The van der Waals surface area contributed by atoms with E-state index < -0.39 is 0 Å². The van der Waals surface area contributed by atoms with E-state index in [0.29, 0.717) is 5.56 Å². The molecule has 0 saturated carbocycles. The number of carbonyl (C=O) groups excluding carboxylic acids is 1. The van der Waals surface area contributed by atoms with Crippen LogP contribution in [0, 0.1) is 6.92 Å². The van der Waals surface area contributed by atoms with Gasteiger partial charge in [-0.3, -0.25) is 19.4 Å². The van der Waals surface area contributed by atoms with Crippen molar-refractivity contribution < 1.29 is 4.79 Å². The molecule has 5 nitrogen and oxygen atoms in total. The van der Waals surface area contributed by atoms with E-state index in [2.05, 4.69) is 10.4 Å². The quantitative estimate of drug-likeness (QED) is 0.658. The summed E-state index contributed by atoms with van der Waals surface area (Å²) in [7, 11) is 1.76. The maximum Gasteiger partial charge on any atom is 0.269 e. The minimum absolute atomic E-state index is 0.136. The fourth-order valence-electron chi connectivity index (χ4n) is 1.09. The van der Waals surface area contributed by atoms with Crippen molar-refractivity contribution in [3.8, 4) is 0 Å². The Labute approximate surface area is 75.7 Å². The van der Waals surface area contributed by atoms with E-state index in [9.17, 15) is 9.59 Å². The van der Waals surface area contributed by atoms with Crippen LogP contribution in [0.15, 0.2) is 4.79 Å². The van der Waals surface area contributed by atoms with E-state index in [4.69, 9.17) is 0 Å². The molecule has 13 heavy (non-hydrogen) atoms. The summed E-state index contributed by atoms with van der Waals surface area (Å²) < 4.78 is 1.64. The highest BCUT2D eigenvalue weighted by atomic mass is 16.1. The van der Waals surface area contributed by atoms with Gasteiger partial charge in [-0.2, -0.15) is 0 Å². The van der Waals surface area contributed by atoms with Crippen LogP contribution >= 0.6 is 0 Å². The Morgan fingerprint density at radius 1 is 1.62 bits per heavy atom. The Kier molecular flexibility index (Phi) is 2.55. The van der Waals surface area contributed by atoms with E-state index >= 15 is 0 Å². The van der Waals surface area contributed by atoms with Gasteiger partial charge in [-0.1, -0.05) is 0 Å². The van der Waals surface area contributed by atoms with Crippen LogP contribution in [-0.2, 0) is 18.4 Å². The van der Waals surface area contributed by atoms with Gasteiger partial charge in [-0.05, 0) is 6.92 Å². The lowest BCUT2D eigenvalue weighted by Gasteiger charge is -2.00. The van der Waals surface area contributed by atoms with E-state index in [1.807, 2.05) is 6.92 Å². The summed E-state index contributed by atoms with van der Waals surface area (Å²) in [6, 6.07) is 0. The van der Waals surface area contributed by atoms with Crippen LogP contribution in [0.1, 0.15) is 18.2 Å². The summed E-state index contributed by atoms with van der Waals surface area (Å²) in [5.41, 5.74) is 1.31. The number of amides is 1. The predicted octanol–water partition coefficient (Wildman–Crippen LogP) is -0.342. The first-order valence-corrected chi connectivity index (χ1v) is 4.01. The molecule has 0 atom stereocenters. The van der Waals surface area contributed by atoms with Gasteiger partial charge < -0.3 is 5.32 Å². The highest BCUT2D eigenvalue weighted by molar-refractivity contribution is 5.72. The molecule has 0 aliphatic carbocycles. The van der Waals surface area contributed by atoms with Crippen LogP contribution in [0.4, 0.5) is 0 Å². The Hall–Kier alpha value is -1.52. The van der Waals surface area contributed by atoms with Gasteiger partial charge in [0.05, 0.1) is 12.1 Å². The molecule has 0 aliphatic heterocycles. The Morgan fingerprint density at radius 3 is 2.62 bits per heavy atom. The lowest BCUT2D eigenvalue weighted by molar-refractivity contribution is -0.119. The van der Waals surface area contributed by atoms with Crippen LogP contribution in [0.25, 0.3) is 0 Å². The lowest BCUT2D eigenvalue weighted by atomic mass is 10.2. The molecule has 0 aromatic carbocycles. The summed E-state index contributed by atoms with van der Waals surface area (Å²) in [4.78, 5) is 21.9. The molecule has 72 valence electrons. The van der Waals surface area contributed by atoms with Gasteiger partial charge >= 0.3 is 0 Å². The zero-order valence-electron chi connectivity index (χ0n) is 7.97. The van der Waals surface area contributed by atoms with Gasteiger partial charge in [0.15, 0.2) is 0 Å². The molecule has 1 aromatic rings. The third-order valence-corrected chi connectivity index (χ3v) is 2.00. The monoisotopic (exact) mass is 183 g/mol. The average Bonchev–Trinajstić information content (AvgIpc) is 2.24. The second-order valence-corrected chi connectivity index (χ2v) is 2.97. The number of nitrogens with one attached hydrogen (secondary N) is 2. The van der Waals surface area contributed by atoms with Crippen molar-refractivity contribution in [3.63, 3.8) is 0 Å². The summed E-state index contributed by atoms with van der Waals surface area (Å²) >= 11 is 0. The number of aryl methyl sites for hydroxylation is 1. The van der Waals surface area contributed by atoms with Crippen LogP contribution in [0.2, 0.25) is 0 Å². The number of aromatic nitrogens is 2. The second kappa shape index (κ2) is 3.47. The third kappa shape index (κ3) is 1.99. The highest BCUT2D eigenvalue weighted by Crippen LogP contribution is 1.98. The van der Waals surface area contributed by atoms with Crippen LogP contribution in [-0.4, -0.2) is 15.7 Å². The largest absolute Gasteiger partial charge is 0.352 e. The molecule has 0 unspecified atom stereocenters. The third-order valence-electron chi connectivity index (χ3n) is 2.00. The molecule has 1 amide bonds. The zero-order chi connectivity index (χ0) is 10.0. The average molecular weight is 183 g/mol. The topological polar surface area (TPSA) is 66.9 Å². The molecule has 0 aliphatic rings. The normalized spacial score (nSPS) is 10.1. The molecule has 0 bridgehead atoms. The van der Waals surface area contributed by atoms with E-state index in [-0.39, 0.29) is 18.0 Å². The van der Waals surface area contributed by atoms with Crippen LogP contribution in [0.3, 0.4) is 0 Å². The molecular weight excluding hydrogens is 170 g/mol.